The number of hydrogen-bond donors (Lipinski definition) is 2. The van der Waals surface area contributed by atoms with Gasteiger partial charge in [-0.3, -0.25) is 9.59 Å². The molecule has 3 aromatic carbocycles. The Bertz CT molecular complexity index is 1260. The second-order valence-electron chi connectivity index (χ2n) is 7.03. The molecule has 0 fully saturated rings. The van der Waals surface area contributed by atoms with E-state index in [0.717, 1.165) is 9.13 Å². The Morgan fingerprint density at radius 2 is 1.69 bits per heavy atom. The molecule has 0 aliphatic heterocycles. The van der Waals surface area contributed by atoms with E-state index in [9.17, 15) is 14.4 Å². The number of benzene rings is 3. The molecule has 178 valence electrons. The second kappa shape index (κ2) is 13.0. The van der Waals surface area contributed by atoms with E-state index in [-0.39, 0.29) is 18.2 Å². The van der Waals surface area contributed by atoms with Crippen LogP contribution in [-0.4, -0.2) is 37.7 Å². The zero-order valence-electron chi connectivity index (χ0n) is 18.7. The van der Waals surface area contributed by atoms with Gasteiger partial charge in [0.1, 0.15) is 0 Å². The number of methoxy groups -OCH3 is 1. The molecule has 0 spiro atoms. The third kappa shape index (κ3) is 8.07. The Kier molecular flexibility index (Phi) is 9.55. The number of carbonyl (C=O) groups is 3. The summed E-state index contributed by atoms with van der Waals surface area (Å²) in [5, 5.41) is 6.44. The normalized spacial score (nSPS) is 10.8. The predicted molar refractivity (Wildman–Crippen MR) is 141 cm³/mol. The molecule has 9 heteroatoms. The largest absolute Gasteiger partial charge is 0.493 e. The molecule has 0 aliphatic carbocycles. The van der Waals surface area contributed by atoms with Crippen LogP contribution in [0.4, 0.5) is 0 Å². The minimum atomic E-state index is -0.548. The number of hydrogen-bond acceptors (Lipinski definition) is 6. The fraction of sp³-hybridized carbons (Fsp3) is 0.0769. The van der Waals surface area contributed by atoms with Crippen LogP contribution in [0.1, 0.15) is 21.5 Å². The van der Waals surface area contributed by atoms with E-state index < -0.39 is 11.9 Å². The minimum Gasteiger partial charge on any atom is -0.493 e. The van der Waals surface area contributed by atoms with E-state index in [2.05, 4.69) is 38.4 Å². The quantitative estimate of drug-likeness (QED) is 0.0996. The molecule has 8 nitrogen and oxygen atoms in total. The van der Waals surface area contributed by atoms with Crippen LogP contribution < -0.4 is 20.2 Å². The van der Waals surface area contributed by atoms with Crippen molar-refractivity contribution in [1.29, 1.82) is 0 Å². The lowest BCUT2D eigenvalue weighted by molar-refractivity contribution is -0.129. The Balaban J connectivity index is 1.52. The van der Waals surface area contributed by atoms with Crippen LogP contribution in [0.15, 0.2) is 84.0 Å². The molecular weight excluding hydrogens is 561 g/mol. The van der Waals surface area contributed by atoms with Crippen LogP contribution in [0.5, 0.6) is 11.5 Å². The number of esters is 1. The van der Waals surface area contributed by atoms with Gasteiger partial charge in [0.15, 0.2) is 11.5 Å². The molecular formula is C26H22IN3O5. The molecule has 0 heterocycles. The fourth-order valence-electron chi connectivity index (χ4n) is 2.84. The average Bonchev–Trinajstić information content (AvgIpc) is 2.87. The van der Waals surface area contributed by atoms with Crippen LogP contribution in [-0.2, 0) is 9.59 Å². The molecule has 2 amide bonds. The monoisotopic (exact) mass is 583 g/mol. The van der Waals surface area contributed by atoms with E-state index >= 15 is 0 Å². The lowest BCUT2D eigenvalue weighted by Gasteiger charge is -2.08. The zero-order valence-corrected chi connectivity index (χ0v) is 20.9. The van der Waals surface area contributed by atoms with Crippen LogP contribution in [0.25, 0.3) is 6.08 Å². The summed E-state index contributed by atoms with van der Waals surface area (Å²) in [5.41, 5.74) is 4.32. The van der Waals surface area contributed by atoms with Crippen molar-refractivity contribution in [2.45, 2.75) is 0 Å². The Hall–Kier alpha value is -3.99. The van der Waals surface area contributed by atoms with Crippen LogP contribution >= 0.6 is 22.6 Å². The highest BCUT2D eigenvalue weighted by Crippen LogP contribution is 2.27. The number of rotatable bonds is 9. The molecule has 35 heavy (non-hydrogen) atoms. The first-order chi connectivity index (χ1) is 17.0. The summed E-state index contributed by atoms with van der Waals surface area (Å²) >= 11 is 2.06. The minimum absolute atomic E-state index is 0.226. The summed E-state index contributed by atoms with van der Waals surface area (Å²) < 4.78 is 11.4. The van der Waals surface area contributed by atoms with Gasteiger partial charge in [0.25, 0.3) is 11.8 Å². The van der Waals surface area contributed by atoms with E-state index in [1.165, 1.54) is 19.4 Å². The predicted octanol–water partition coefficient (Wildman–Crippen LogP) is 3.80. The van der Waals surface area contributed by atoms with E-state index in [1.807, 2.05) is 42.5 Å². The molecule has 0 radical (unpaired) electrons. The van der Waals surface area contributed by atoms with Gasteiger partial charge in [-0.2, -0.15) is 5.10 Å². The van der Waals surface area contributed by atoms with Crippen molar-refractivity contribution in [3.8, 4) is 11.5 Å². The SMILES string of the molecule is COc1cc(/C=N/NC(=O)CNC(=O)c2ccccc2I)ccc1OC(=O)/C=C/c1ccccc1. The first kappa shape index (κ1) is 25.6. The van der Waals surface area contributed by atoms with E-state index in [4.69, 9.17) is 9.47 Å². The third-order valence-corrected chi connectivity index (χ3v) is 5.48. The van der Waals surface area contributed by atoms with Crippen molar-refractivity contribution in [3.63, 3.8) is 0 Å². The van der Waals surface area contributed by atoms with Gasteiger partial charge in [0.2, 0.25) is 0 Å². The van der Waals surface area contributed by atoms with Crippen LogP contribution in [0.3, 0.4) is 0 Å². The Morgan fingerprint density at radius 3 is 2.43 bits per heavy atom. The molecule has 0 saturated carbocycles. The van der Waals surface area contributed by atoms with Gasteiger partial charge >= 0.3 is 5.97 Å². The van der Waals surface area contributed by atoms with Crippen molar-refractivity contribution in [1.82, 2.24) is 10.7 Å². The first-order valence-corrected chi connectivity index (χ1v) is 11.5. The lowest BCUT2D eigenvalue weighted by Crippen LogP contribution is -2.35. The standard InChI is InChI=1S/C26H22IN3O5/c1-34-23-15-19(11-13-22(23)35-25(32)14-12-18-7-3-2-4-8-18)16-29-30-24(31)17-28-26(33)20-9-5-6-10-21(20)27/h2-16H,17H2,1H3,(H,28,33)(H,30,31)/b14-12+,29-16+. The number of hydrazone groups is 1. The number of carbonyl (C=O) groups excluding carboxylic acids is 3. The number of halogens is 1. The second-order valence-corrected chi connectivity index (χ2v) is 8.19. The molecule has 0 aromatic heterocycles. The molecule has 3 aromatic rings. The molecule has 0 saturated heterocycles. The van der Waals surface area contributed by atoms with E-state index in [1.54, 1.807) is 36.4 Å². The van der Waals surface area contributed by atoms with Crippen LogP contribution in [0.2, 0.25) is 0 Å². The van der Waals surface area contributed by atoms with Gasteiger partial charge in [-0.25, -0.2) is 10.2 Å². The van der Waals surface area contributed by atoms with Gasteiger partial charge in [0.05, 0.1) is 25.4 Å². The molecule has 0 aliphatic rings. The van der Waals surface area contributed by atoms with Gasteiger partial charge in [-0.15, -0.1) is 0 Å². The average molecular weight is 583 g/mol. The Labute approximate surface area is 216 Å². The van der Waals surface area contributed by atoms with Crippen molar-refractivity contribution in [2.75, 3.05) is 13.7 Å². The number of ether oxygens (including phenoxy) is 2. The summed E-state index contributed by atoms with van der Waals surface area (Å²) in [6.07, 6.45) is 4.39. The van der Waals surface area contributed by atoms with Crippen molar-refractivity contribution >= 4 is 52.7 Å². The number of nitrogens with zero attached hydrogens (tertiary/aromatic N) is 1. The van der Waals surface area contributed by atoms with Gasteiger partial charge in [-0.1, -0.05) is 42.5 Å². The summed E-state index contributed by atoms with van der Waals surface area (Å²) in [6, 6.07) is 21.3. The highest BCUT2D eigenvalue weighted by Gasteiger charge is 2.11. The maximum Gasteiger partial charge on any atom is 0.336 e. The molecule has 0 bridgehead atoms. The molecule has 3 rings (SSSR count). The van der Waals surface area contributed by atoms with E-state index in [0.29, 0.717) is 16.9 Å². The maximum absolute atomic E-state index is 12.2. The smallest absolute Gasteiger partial charge is 0.336 e. The molecule has 0 atom stereocenters. The van der Waals surface area contributed by atoms with Gasteiger partial charge in [-0.05, 0) is 70.1 Å². The van der Waals surface area contributed by atoms with Crippen molar-refractivity contribution < 1.29 is 23.9 Å². The van der Waals surface area contributed by atoms with Crippen LogP contribution in [0, 0.1) is 3.57 Å². The van der Waals surface area contributed by atoms with Crippen molar-refractivity contribution in [3.05, 3.63) is 99.1 Å². The maximum atomic E-state index is 12.2. The first-order valence-electron chi connectivity index (χ1n) is 10.4. The Morgan fingerprint density at radius 1 is 0.943 bits per heavy atom. The fourth-order valence-corrected chi connectivity index (χ4v) is 3.47. The zero-order chi connectivity index (χ0) is 25.0. The third-order valence-electron chi connectivity index (χ3n) is 4.54. The summed E-state index contributed by atoms with van der Waals surface area (Å²) in [5.74, 6) is -0.805. The van der Waals surface area contributed by atoms with Gasteiger partial charge < -0.3 is 14.8 Å². The molecule has 2 N–H and O–H groups in total. The van der Waals surface area contributed by atoms with Gasteiger partial charge in [0, 0.05) is 9.65 Å². The highest BCUT2D eigenvalue weighted by atomic mass is 127. The molecule has 0 unspecified atom stereocenters. The van der Waals surface area contributed by atoms with Crippen molar-refractivity contribution in [2.24, 2.45) is 5.10 Å². The number of amides is 2. The topological polar surface area (TPSA) is 106 Å². The highest BCUT2D eigenvalue weighted by molar-refractivity contribution is 14.1. The lowest BCUT2D eigenvalue weighted by atomic mass is 10.2. The summed E-state index contributed by atoms with van der Waals surface area (Å²) in [4.78, 5) is 36.3. The number of nitrogens with one attached hydrogen (secondary N) is 2. The summed E-state index contributed by atoms with van der Waals surface area (Å²) in [7, 11) is 1.45. The summed E-state index contributed by atoms with van der Waals surface area (Å²) in [6.45, 7) is -0.226.